The predicted molar refractivity (Wildman–Crippen MR) is 69.3 cm³/mol. The van der Waals surface area contributed by atoms with Gasteiger partial charge in [0.1, 0.15) is 0 Å². The van der Waals surface area contributed by atoms with Crippen molar-refractivity contribution in [1.82, 2.24) is 5.32 Å². The smallest absolute Gasteiger partial charge is 0.230 e. The normalized spacial score (nSPS) is 30.6. The van der Waals surface area contributed by atoms with Gasteiger partial charge in [-0.3, -0.25) is 14.9 Å². The Hall–Kier alpha value is -1.68. The highest BCUT2D eigenvalue weighted by Crippen LogP contribution is 2.43. The zero-order chi connectivity index (χ0) is 13.3. The Morgan fingerprint density at radius 2 is 2.05 bits per heavy atom. The minimum absolute atomic E-state index is 0.148. The van der Waals surface area contributed by atoms with Crippen LogP contribution in [0.3, 0.4) is 0 Å². The van der Waals surface area contributed by atoms with Crippen molar-refractivity contribution >= 4 is 11.8 Å². The van der Waals surface area contributed by atoms with Crippen molar-refractivity contribution in [2.45, 2.75) is 19.3 Å². The van der Waals surface area contributed by atoms with Crippen molar-refractivity contribution in [3.8, 4) is 0 Å². The lowest BCUT2D eigenvalue weighted by Gasteiger charge is -2.38. The van der Waals surface area contributed by atoms with E-state index in [1.54, 1.807) is 0 Å². The maximum absolute atomic E-state index is 12.2. The van der Waals surface area contributed by atoms with Gasteiger partial charge in [-0.15, -0.1) is 0 Å². The summed E-state index contributed by atoms with van der Waals surface area (Å²) in [6.45, 7) is 1.16. The molecule has 0 radical (unpaired) electrons. The monoisotopic (exact) mass is 259 g/mol. The van der Waals surface area contributed by atoms with Crippen LogP contribution in [-0.2, 0) is 20.7 Å². The fourth-order valence-electron chi connectivity index (χ4n) is 3.19. The van der Waals surface area contributed by atoms with Crippen LogP contribution in [-0.4, -0.2) is 25.0 Å². The average molecular weight is 259 g/mol. The van der Waals surface area contributed by atoms with Crippen molar-refractivity contribution in [3.63, 3.8) is 0 Å². The lowest BCUT2D eigenvalue weighted by Crippen LogP contribution is -2.53. The summed E-state index contributed by atoms with van der Waals surface area (Å²) >= 11 is 0. The number of ether oxygens (including phenoxy) is 1. The second-order valence-corrected chi connectivity index (χ2v) is 5.50. The molecule has 100 valence electrons. The number of hydrogen-bond acceptors (Lipinski definition) is 3. The molecule has 1 spiro atoms. The number of imide groups is 1. The molecule has 2 atom stereocenters. The number of carbonyl (C=O) groups excluding carboxylic acids is 2. The number of nitrogens with one attached hydrogen (secondary N) is 1. The summed E-state index contributed by atoms with van der Waals surface area (Å²) in [4.78, 5) is 23.8. The topological polar surface area (TPSA) is 55.4 Å². The number of rotatable bonds is 2. The van der Waals surface area contributed by atoms with Crippen molar-refractivity contribution in [2.24, 2.45) is 11.3 Å². The molecule has 2 heterocycles. The molecular formula is C15H17NO3. The molecule has 1 aromatic carbocycles. The molecule has 2 unspecified atom stereocenters. The Morgan fingerprint density at radius 3 is 2.74 bits per heavy atom. The van der Waals surface area contributed by atoms with E-state index >= 15 is 0 Å². The summed E-state index contributed by atoms with van der Waals surface area (Å²) in [5.41, 5.74) is 0.832. The SMILES string of the molecule is O=C1CC2(CCOC2)C(Cc2ccccc2)C(=O)N1. The summed E-state index contributed by atoms with van der Waals surface area (Å²) in [5, 5.41) is 2.47. The Bertz CT molecular complexity index is 491. The minimum atomic E-state index is -0.296. The number of carbonyl (C=O) groups is 2. The van der Waals surface area contributed by atoms with Gasteiger partial charge in [-0.2, -0.15) is 0 Å². The van der Waals surface area contributed by atoms with E-state index < -0.39 is 0 Å². The molecule has 1 aromatic rings. The third-order valence-electron chi connectivity index (χ3n) is 4.25. The summed E-state index contributed by atoms with van der Waals surface area (Å²) in [6, 6.07) is 9.95. The van der Waals surface area contributed by atoms with E-state index in [2.05, 4.69) is 5.32 Å². The molecular weight excluding hydrogens is 242 g/mol. The molecule has 2 fully saturated rings. The van der Waals surface area contributed by atoms with Crippen molar-refractivity contribution in [1.29, 1.82) is 0 Å². The van der Waals surface area contributed by atoms with Crippen LogP contribution in [0.4, 0.5) is 0 Å². The van der Waals surface area contributed by atoms with Gasteiger partial charge >= 0.3 is 0 Å². The van der Waals surface area contributed by atoms with Crippen LogP contribution in [0.1, 0.15) is 18.4 Å². The van der Waals surface area contributed by atoms with Crippen molar-refractivity contribution in [2.75, 3.05) is 13.2 Å². The molecule has 2 amide bonds. The van der Waals surface area contributed by atoms with Crippen LogP contribution in [0.15, 0.2) is 30.3 Å². The van der Waals surface area contributed by atoms with E-state index in [-0.39, 0.29) is 23.1 Å². The van der Waals surface area contributed by atoms with Gasteiger partial charge < -0.3 is 4.74 Å². The maximum Gasteiger partial charge on any atom is 0.230 e. The highest BCUT2D eigenvalue weighted by atomic mass is 16.5. The van der Waals surface area contributed by atoms with E-state index in [1.807, 2.05) is 30.3 Å². The van der Waals surface area contributed by atoms with Crippen LogP contribution in [0.5, 0.6) is 0 Å². The minimum Gasteiger partial charge on any atom is -0.381 e. The van der Waals surface area contributed by atoms with Gasteiger partial charge in [0.2, 0.25) is 11.8 Å². The van der Waals surface area contributed by atoms with Gasteiger partial charge in [0.25, 0.3) is 0 Å². The third-order valence-corrected chi connectivity index (χ3v) is 4.25. The lowest BCUT2D eigenvalue weighted by atomic mass is 9.67. The zero-order valence-electron chi connectivity index (χ0n) is 10.7. The molecule has 0 aliphatic carbocycles. The van der Waals surface area contributed by atoms with Crippen LogP contribution in [0.2, 0.25) is 0 Å². The molecule has 2 aliphatic heterocycles. The molecule has 0 aromatic heterocycles. The fourth-order valence-corrected chi connectivity index (χ4v) is 3.19. The number of amides is 2. The molecule has 4 nitrogen and oxygen atoms in total. The van der Waals surface area contributed by atoms with Gasteiger partial charge in [0.15, 0.2) is 0 Å². The summed E-state index contributed by atoms with van der Waals surface area (Å²) < 4.78 is 5.47. The molecule has 2 aliphatic rings. The Balaban J connectivity index is 1.87. The van der Waals surface area contributed by atoms with Gasteiger partial charge in [0.05, 0.1) is 12.5 Å². The largest absolute Gasteiger partial charge is 0.381 e. The number of benzene rings is 1. The number of hydrogen-bond donors (Lipinski definition) is 1. The standard InChI is InChI=1S/C15H17NO3/c17-13-9-15(6-7-19-10-15)12(14(18)16-13)8-11-4-2-1-3-5-11/h1-5,12H,6-10H2,(H,16,17,18). The quantitative estimate of drug-likeness (QED) is 0.814. The predicted octanol–water partition coefficient (Wildman–Crippen LogP) is 1.30. The van der Waals surface area contributed by atoms with Crippen molar-refractivity contribution < 1.29 is 14.3 Å². The summed E-state index contributed by atoms with van der Waals surface area (Å²) in [5.74, 6) is -0.486. The van der Waals surface area contributed by atoms with Crippen LogP contribution >= 0.6 is 0 Å². The molecule has 2 saturated heterocycles. The van der Waals surface area contributed by atoms with Crippen molar-refractivity contribution in [3.05, 3.63) is 35.9 Å². The lowest BCUT2D eigenvalue weighted by molar-refractivity contribution is -0.143. The van der Waals surface area contributed by atoms with Crippen LogP contribution in [0, 0.1) is 11.3 Å². The second-order valence-electron chi connectivity index (χ2n) is 5.50. The molecule has 0 saturated carbocycles. The first-order chi connectivity index (χ1) is 9.20. The molecule has 0 bridgehead atoms. The van der Waals surface area contributed by atoms with E-state index in [0.717, 1.165) is 12.0 Å². The zero-order valence-corrected chi connectivity index (χ0v) is 10.7. The van der Waals surface area contributed by atoms with Gasteiger partial charge in [0, 0.05) is 18.4 Å². The summed E-state index contributed by atoms with van der Waals surface area (Å²) in [7, 11) is 0. The van der Waals surface area contributed by atoms with Crippen LogP contribution < -0.4 is 5.32 Å². The third kappa shape index (κ3) is 2.28. The first kappa shape index (κ1) is 12.4. The van der Waals surface area contributed by atoms with E-state index in [0.29, 0.717) is 26.1 Å². The number of piperidine rings is 1. The van der Waals surface area contributed by atoms with Crippen LogP contribution in [0.25, 0.3) is 0 Å². The average Bonchev–Trinajstić information content (AvgIpc) is 2.84. The highest BCUT2D eigenvalue weighted by molar-refractivity contribution is 5.99. The van der Waals surface area contributed by atoms with Gasteiger partial charge in [-0.1, -0.05) is 30.3 Å². The van der Waals surface area contributed by atoms with E-state index in [1.165, 1.54) is 0 Å². The molecule has 1 N–H and O–H groups in total. The maximum atomic E-state index is 12.2. The second kappa shape index (κ2) is 4.78. The Kier molecular flexibility index (Phi) is 3.11. The van der Waals surface area contributed by atoms with E-state index in [4.69, 9.17) is 4.74 Å². The Labute approximate surface area is 112 Å². The first-order valence-electron chi connectivity index (χ1n) is 6.65. The van der Waals surface area contributed by atoms with E-state index in [9.17, 15) is 9.59 Å². The van der Waals surface area contributed by atoms with Gasteiger partial charge in [-0.05, 0) is 18.4 Å². The summed E-state index contributed by atoms with van der Waals surface area (Å²) in [6.07, 6.45) is 1.86. The molecule has 3 rings (SSSR count). The molecule has 19 heavy (non-hydrogen) atoms. The fraction of sp³-hybridized carbons (Fsp3) is 0.467. The molecule has 4 heteroatoms. The highest BCUT2D eigenvalue weighted by Gasteiger charge is 2.50. The Morgan fingerprint density at radius 1 is 1.26 bits per heavy atom. The first-order valence-corrected chi connectivity index (χ1v) is 6.65. The van der Waals surface area contributed by atoms with Gasteiger partial charge in [-0.25, -0.2) is 0 Å².